The first kappa shape index (κ1) is 64.7. The van der Waals surface area contributed by atoms with E-state index >= 15 is 0 Å². The number of hydrogen-bond donors (Lipinski definition) is 15. The molecule has 0 amide bonds. The molecule has 426 valence electrons. The van der Waals surface area contributed by atoms with Crippen LogP contribution in [0.5, 0.6) is 0 Å². The van der Waals surface area contributed by atoms with Gasteiger partial charge in [0, 0.05) is 28.4 Å². The Kier molecular flexibility index (Phi) is 26.3. The van der Waals surface area contributed by atoms with Crippen LogP contribution in [-0.2, 0) is 61.6 Å². The number of hydrogen-bond acceptors (Lipinski definition) is 27. The van der Waals surface area contributed by atoms with Crippen molar-refractivity contribution in [1.82, 2.24) is 0 Å². The molecule has 0 aromatic heterocycles. The van der Waals surface area contributed by atoms with Crippen molar-refractivity contribution < 1.29 is 138 Å². The molecule has 0 radical (unpaired) electrons. The zero-order valence-electron chi connectivity index (χ0n) is 42.3. The van der Waals surface area contributed by atoms with Gasteiger partial charge in [-0.3, -0.25) is 0 Å². The lowest BCUT2D eigenvalue weighted by molar-refractivity contribution is -0.350. The highest BCUT2D eigenvalue weighted by atomic mass is 16.7. The fourth-order valence-electron chi connectivity index (χ4n) is 8.98. The molecule has 6 heterocycles. The third kappa shape index (κ3) is 15.6. The van der Waals surface area contributed by atoms with E-state index in [1.807, 2.05) is 0 Å². The molecular weight excluding hydrogens is 976 g/mol. The molecule has 15 N–H and O–H groups in total. The van der Waals surface area contributed by atoms with Crippen LogP contribution < -0.4 is 0 Å². The maximum atomic E-state index is 11.2. The van der Waals surface area contributed by atoms with E-state index in [-0.39, 0.29) is 31.0 Å². The molecule has 0 aromatic rings. The third-order valence-corrected chi connectivity index (χ3v) is 13.6. The van der Waals surface area contributed by atoms with E-state index in [0.717, 1.165) is 0 Å². The predicted molar refractivity (Wildman–Crippen MR) is 239 cm³/mol. The van der Waals surface area contributed by atoms with Gasteiger partial charge < -0.3 is 133 Å². The molecule has 28 nitrogen and oxygen atoms in total. The molecule has 6 aliphatic rings. The minimum Gasteiger partial charge on any atom is -0.479 e. The van der Waals surface area contributed by atoms with E-state index in [9.17, 15) is 71.2 Å². The van der Waals surface area contributed by atoms with Gasteiger partial charge in [-0.15, -0.1) is 0 Å². The zero-order valence-corrected chi connectivity index (χ0v) is 42.3. The largest absolute Gasteiger partial charge is 0.479 e. The van der Waals surface area contributed by atoms with Crippen molar-refractivity contribution in [3.63, 3.8) is 0 Å². The van der Waals surface area contributed by atoms with Gasteiger partial charge in [0.25, 0.3) is 0 Å². The van der Waals surface area contributed by atoms with Crippen molar-refractivity contribution in [2.45, 2.75) is 232 Å². The molecule has 14 unspecified atom stereocenters. The number of methoxy groups -OCH3 is 4. The van der Waals surface area contributed by atoms with Crippen molar-refractivity contribution in [1.29, 1.82) is 0 Å². The maximum absolute atomic E-state index is 11.2. The van der Waals surface area contributed by atoms with E-state index in [0.29, 0.717) is 0 Å². The lowest BCUT2D eigenvalue weighted by Crippen LogP contribution is -2.64. The summed E-state index contributed by atoms with van der Waals surface area (Å²) in [6.45, 7) is 11.2. The smallest absolute Gasteiger partial charge is 0.335 e. The van der Waals surface area contributed by atoms with Gasteiger partial charge in [0.1, 0.15) is 122 Å². The standard InChI is InChI=1S/C20H34O15.C8H16O5.2C8H16O4/c1-5-8(21)16(30-3)15(6(2)32-5)34-20-14(27)10(23)9(22)7(33-20)4-31-19-13(26)11(24)12(25)17(35-19)18(28)29;1-4-6(10)7(11)8(12-2)5(3-9)13-4;2*1-4-6(9)8(11-3)7(10)5(2)12-4/h5-17,19-27H,4H2,1-3H3,(H,28,29);4-11H,3H2,1-2H3;2*4-10H,1-3H3/t5?,6-,7?,8+,9-,10+,11+,12+,13?,14?,15?,16+,17?,19+,20-;4-,5?,6?,7-,8-;2*4-,5?,6?,7+,8?/m1111/s1. The highest BCUT2D eigenvalue weighted by molar-refractivity contribution is 5.73. The number of ether oxygens (including phenoxy) is 12. The topological polar surface area (TPSA) is 431 Å². The molecule has 6 saturated heterocycles. The Bertz CT molecular complexity index is 1490. The van der Waals surface area contributed by atoms with Crippen LogP contribution in [0, 0.1) is 0 Å². The normalized spacial score (nSPS) is 49.7. The molecule has 28 heteroatoms. The number of carbonyl (C=O) groups is 1. The van der Waals surface area contributed by atoms with Crippen molar-refractivity contribution in [2.75, 3.05) is 41.7 Å². The third-order valence-electron chi connectivity index (χ3n) is 13.6. The van der Waals surface area contributed by atoms with Crippen molar-refractivity contribution >= 4 is 5.97 Å². The summed E-state index contributed by atoms with van der Waals surface area (Å²) in [5.41, 5.74) is 0. The van der Waals surface area contributed by atoms with Crippen molar-refractivity contribution in [3.05, 3.63) is 0 Å². The van der Waals surface area contributed by atoms with E-state index in [1.54, 1.807) is 48.5 Å². The molecule has 6 fully saturated rings. The monoisotopic (exact) mass is 1060 g/mol. The van der Waals surface area contributed by atoms with E-state index < -0.39 is 172 Å². The summed E-state index contributed by atoms with van der Waals surface area (Å²) in [7, 11) is 5.71. The molecule has 0 aromatic carbocycles. The molecule has 30 atom stereocenters. The van der Waals surface area contributed by atoms with E-state index in [2.05, 4.69) is 0 Å². The van der Waals surface area contributed by atoms with Gasteiger partial charge in [-0.05, 0) is 48.5 Å². The zero-order chi connectivity index (χ0) is 54.8. The molecule has 0 bridgehead atoms. The molecule has 0 saturated carbocycles. The molecule has 6 aliphatic heterocycles. The van der Waals surface area contributed by atoms with Crippen LogP contribution in [-0.4, -0.2) is 308 Å². The Balaban J connectivity index is 0.000000300. The predicted octanol–water partition coefficient (Wildman–Crippen LogP) is -7.17. The highest BCUT2D eigenvalue weighted by Crippen LogP contribution is 2.32. The van der Waals surface area contributed by atoms with Gasteiger partial charge >= 0.3 is 5.97 Å². The van der Waals surface area contributed by atoms with Crippen molar-refractivity contribution in [2.24, 2.45) is 0 Å². The molecular formula is C44H82O28. The molecule has 72 heavy (non-hydrogen) atoms. The fraction of sp³-hybridized carbons (Fsp3) is 0.977. The van der Waals surface area contributed by atoms with E-state index in [1.165, 1.54) is 28.4 Å². The van der Waals surface area contributed by atoms with Crippen molar-refractivity contribution in [3.8, 4) is 0 Å². The minimum absolute atomic E-state index is 0.230. The van der Waals surface area contributed by atoms with Crippen LogP contribution in [0.15, 0.2) is 0 Å². The van der Waals surface area contributed by atoms with Crippen LogP contribution in [0.3, 0.4) is 0 Å². The van der Waals surface area contributed by atoms with Crippen LogP contribution >= 0.6 is 0 Å². The number of aliphatic carboxylic acids is 1. The number of rotatable bonds is 11. The summed E-state index contributed by atoms with van der Waals surface area (Å²) in [6, 6.07) is 0. The first-order valence-electron chi connectivity index (χ1n) is 23.6. The minimum atomic E-state index is -1.92. The Labute approximate surface area is 417 Å². The van der Waals surface area contributed by atoms with Gasteiger partial charge in [-0.2, -0.15) is 0 Å². The second-order valence-electron chi connectivity index (χ2n) is 18.6. The van der Waals surface area contributed by atoms with Gasteiger partial charge in [0.15, 0.2) is 18.7 Å². The first-order valence-corrected chi connectivity index (χ1v) is 23.6. The van der Waals surface area contributed by atoms with Crippen LogP contribution in [0.1, 0.15) is 48.5 Å². The summed E-state index contributed by atoms with van der Waals surface area (Å²) < 4.78 is 63.2. The van der Waals surface area contributed by atoms with Gasteiger partial charge in [-0.1, -0.05) is 0 Å². The molecule has 6 rings (SSSR count). The Morgan fingerprint density at radius 1 is 0.375 bits per heavy atom. The van der Waals surface area contributed by atoms with Gasteiger partial charge in [-0.25, -0.2) is 4.79 Å². The van der Waals surface area contributed by atoms with Crippen LogP contribution in [0.25, 0.3) is 0 Å². The highest BCUT2D eigenvalue weighted by Gasteiger charge is 2.52. The summed E-state index contributed by atoms with van der Waals surface area (Å²) in [5.74, 6) is -1.61. The number of carboxylic acid groups (broad SMARTS) is 1. The van der Waals surface area contributed by atoms with Crippen LogP contribution in [0.4, 0.5) is 0 Å². The molecule has 0 spiro atoms. The first-order chi connectivity index (χ1) is 33.6. The SMILES string of the molecule is COC1C(O)[C@@H](C)OC(C)[C@@H]1O.COC1C(O)[C@@H](C)OC(C)[C@@H]1O.CO[C@@H]1C(CO)O[C@H](C)C(O)[C@H]1O.CO[C@@H]1C(O[C@H]2OC(CO[C@H]3OC(C(=O)O)[C@@H](O)[C@H](O)C3O)[C@@H](O)[C@H](O)C2O)[C@@H](C)OC(C)[C@@H]1O. The maximum Gasteiger partial charge on any atom is 0.335 e. The number of carboxylic acids is 1. The summed E-state index contributed by atoms with van der Waals surface area (Å²) >= 11 is 0. The summed E-state index contributed by atoms with van der Waals surface area (Å²) in [6.07, 6.45) is -30.3. The van der Waals surface area contributed by atoms with Crippen LogP contribution in [0.2, 0.25) is 0 Å². The fourth-order valence-corrected chi connectivity index (χ4v) is 8.98. The number of aliphatic hydroxyl groups excluding tert-OH is 14. The Hall–Kier alpha value is -1.57. The van der Waals surface area contributed by atoms with Gasteiger partial charge in [0.05, 0.1) is 55.9 Å². The lowest BCUT2D eigenvalue weighted by atomic mass is 9.95. The number of aliphatic hydroxyl groups is 14. The Morgan fingerprint density at radius 3 is 1.18 bits per heavy atom. The Morgan fingerprint density at radius 2 is 0.764 bits per heavy atom. The summed E-state index contributed by atoms with van der Waals surface area (Å²) in [4.78, 5) is 11.2. The summed E-state index contributed by atoms with van der Waals surface area (Å²) in [5, 5.41) is 146. The average molecular weight is 1060 g/mol. The molecule has 0 aliphatic carbocycles. The second kappa shape index (κ2) is 29.2. The quantitative estimate of drug-likeness (QED) is 0.0914. The average Bonchev–Trinajstić information content (AvgIpc) is 3.34. The van der Waals surface area contributed by atoms with E-state index in [4.69, 9.17) is 67.1 Å². The lowest BCUT2D eigenvalue weighted by Gasteiger charge is -2.46. The van der Waals surface area contributed by atoms with Gasteiger partial charge in [0.2, 0.25) is 0 Å². The second-order valence-corrected chi connectivity index (χ2v) is 18.6.